The predicted molar refractivity (Wildman–Crippen MR) is 69.3 cm³/mol. The fourth-order valence-electron chi connectivity index (χ4n) is 2.09. The first kappa shape index (κ1) is 14.8. The predicted octanol–water partition coefficient (Wildman–Crippen LogP) is 1.86. The highest BCUT2D eigenvalue weighted by Gasteiger charge is 2.23. The first-order valence-electron chi connectivity index (χ1n) is 6.66. The number of likely N-dealkylation sites (tertiary alicyclic amines) is 1. The third-order valence-corrected chi connectivity index (χ3v) is 3.15. The summed E-state index contributed by atoms with van der Waals surface area (Å²) in [6.45, 7) is 10.3. The van der Waals surface area contributed by atoms with Gasteiger partial charge in [0.05, 0.1) is 6.54 Å². The van der Waals surface area contributed by atoms with E-state index >= 15 is 0 Å². The number of carbonyl (C=O) groups excluding carboxylic acids is 2. The van der Waals surface area contributed by atoms with Crippen LogP contribution in [0.15, 0.2) is 0 Å². The zero-order valence-electron chi connectivity index (χ0n) is 11.8. The zero-order valence-corrected chi connectivity index (χ0v) is 11.8. The summed E-state index contributed by atoms with van der Waals surface area (Å²) in [5, 5.41) is 0. The minimum atomic E-state index is -0.176. The summed E-state index contributed by atoms with van der Waals surface area (Å²) < 4.78 is 4.71. The molecule has 18 heavy (non-hydrogen) atoms. The molecule has 0 aromatic heterocycles. The second kappa shape index (κ2) is 6.61. The number of ether oxygens (including phenoxy) is 1. The number of rotatable bonds is 2. The Morgan fingerprint density at radius 3 is 1.83 bits per heavy atom. The lowest BCUT2D eigenvalue weighted by molar-refractivity contribution is -0.129. The van der Waals surface area contributed by atoms with E-state index in [9.17, 15) is 9.59 Å². The number of hydrogen-bond acceptors (Lipinski definition) is 3. The quantitative estimate of drug-likeness (QED) is 0.757. The molecule has 0 spiro atoms. The topological polar surface area (TPSA) is 49.9 Å². The third-order valence-electron chi connectivity index (χ3n) is 3.15. The van der Waals surface area contributed by atoms with Crippen molar-refractivity contribution in [3.8, 4) is 0 Å². The average molecular weight is 256 g/mol. The van der Waals surface area contributed by atoms with Gasteiger partial charge in [0.1, 0.15) is 6.61 Å². The highest BCUT2D eigenvalue weighted by Crippen LogP contribution is 2.12. The van der Waals surface area contributed by atoms with Crippen LogP contribution in [0.25, 0.3) is 0 Å². The van der Waals surface area contributed by atoms with Crippen molar-refractivity contribution in [1.82, 2.24) is 9.80 Å². The molecule has 2 aliphatic heterocycles. The molecule has 5 nitrogen and oxygen atoms in total. The van der Waals surface area contributed by atoms with Gasteiger partial charge in [0.25, 0.3) is 0 Å². The van der Waals surface area contributed by atoms with Gasteiger partial charge in [-0.3, -0.25) is 4.79 Å². The van der Waals surface area contributed by atoms with Crippen molar-refractivity contribution >= 4 is 12.0 Å². The van der Waals surface area contributed by atoms with Gasteiger partial charge in [0.15, 0.2) is 0 Å². The van der Waals surface area contributed by atoms with Crippen LogP contribution in [-0.2, 0) is 9.53 Å². The van der Waals surface area contributed by atoms with Crippen molar-refractivity contribution in [2.75, 3.05) is 19.7 Å². The maximum atomic E-state index is 10.9. The summed E-state index contributed by atoms with van der Waals surface area (Å²) in [6, 6.07) is 0.681. The van der Waals surface area contributed by atoms with Gasteiger partial charge in [-0.1, -0.05) is 0 Å². The Labute approximate surface area is 109 Å². The van der Waals surface area contributed by atoms with Gasteiger partial charge in [0, 0.05) is 25.0 Å². The molecule has 0 aromatic rings. The molecule has 2 heterocycles. The lowest BCUT2D eigenvalue weighted by Crippen LogP contribution is -2.31. The number of carbonyl (C=O) groups is 2. The van der Waals surface area contributed by atoms with Gasteiger partial charge in [-0.15, -0.1) is 0 Å². The van der Waals surface area contributed by atoms with Crippen molar-refractivity contribution in [2.24, 2.45) is 0 Å². The van der Waals surface area contributed by atoms with E-state index in [0.717, 1.165) is 25.9 Å². The van der Waals surface area contributed by atoms with Gasteiger partial charge < -0.3 is 14.5 Å². The molecule has 2 saturated heterocycles. The number of cyclic esters (lactones) is 1. The van der Waals surface area contributed by atoms with Crippen molar-refractivity contribution in [1.29, 1.82) is 0 Å². The van der Waals surface area contributed by atoms with Crippen LogP contribution in [0.3, 0.4) is 0 Å². The highest BCUT2D eigenvalue weighted by atomic mass is 16.6. The largest absolute Gasteiger partial charge is 0.448 e. The monoisotopic (exact) mass is 256 g/mol. The SMILES string of the molecule is CC(C)N1CCCC1=O.CC(C)N1CCOC1=O. The molecule has 0 saturated carbocycles. The summed E-state index contributed by atoms with van der Waals surface area (Å²) in [7, 11) is 0. The second-order valence-electron chi connectivity index (χ2n) is 5.19. The van der Waals surface area contributed by atoms with Gasteiger partial charge in [-0.25, -0.2) is 4.79 Å². The molecule has 2 aliphatic rings. The first-order chi connectivity index (χ1) is 8.43. The molecular weight excluding hydrogens is 232 g/mol. The van der Waals surface area contributed by atoms with E-state index < -0.39 is 0 Å². The molecule has 0 aliphatic carbocycles. The summed E-state index contributed by atoms with van der Waals surface area (Å²) in [4.78, 5) is 25.3. The van der Waals surface area contributed by atoms with E-state index in [-0.39, 0.29) is 12.1 Å². The van der Waals surface area contributed by atoms with E-state index in [1.54, 1.807) is 4.90 Å². The standard InChI is InChI=1S/C7H13NO.C6H11NO2/c1-6(2)8-5-3-4-7(8)9;1-5(2)7-3-4-9-6(7)8/h6H,3-5H2,1-2H3;5H,3-4H2,1-2H3. The maximum absolute atomic E-state index is 10.9. The molecule has 0 bridgehead atoms. The minimum absolute atomic E-state index is 0.176. The van der Waals surface area contributed by atoms with Gasteiger partial charge in [0.2, 0.25) is 5.91 Å². The lowest BCUT2D eigenvalue weighted by atomic mass is 10.3. The van der Waals surface area contributed by atoms with Crippen molar-refractivity contribution in [2.45, 2.75) is 52.6 Å². The minimum Gasteiger partial charge on any atom is -0.448 e. The van der Waals surface area contributed by atoms with E-state index in [0.29, 0.717) is 18.6 Å². The van der Waals surface area contributed by atoms with Crippen LogP contribution in [-0.4, -0.2) is 53.6 Å². The van der Waals surface area contributed by atoms with Gasteiger partial charge >= 0.3 is 6.09 Å². The fourth-order valence-corrected chi connectivity index (χ4v) is 2.09. The van der Waals surface area contributed by atoms with Crippen molar-refractivity contribution < 1.29 is 14.3 Å². The van der Waals surface area contributed by atoms with E-state index in [1.807, 2.05) is 18.7 Å². The van der Waals surface area contributed by atoms with Crippen LogP contribution in [0.4, 0.5) is 4.79 Å². The van der Waals surface area contributed by atoms with Crippen molar-refractivity contribution in [3.63, 3.8) is 0 Å². The van der Waals surface area contributed by atoms with Crippen LogP contribution in [0.1, 0.15) is 40.5 Å². The normalized spacial score (nSPS) is 19.4. The molecule has 2 amide bonds. The van der Waals surface area contributed by atoms with E-state index in [1.165, 1.54) is 0 Å². The van der Waals surface area contributed by atoms with Gasteiger partial charge in [-0.2, -0.15) is 0 Å². The second-order valence-corrected chi connectivity index (χ2v) is 5.19. The third kappa shape index (κ3) is 3.89. The van der Waals surface area contributed by atoms with Crippen LogP contribution in [0, 0.1) is 0 Å². The van der Waals surface area contributed by atoms with Crippen LogP contribution in [0.2, 0.25) is 0 Å². The number of nitrogens with zero attached hydrogens (tertiary/aromatic N) is 2. The van der Waals surface area contributed by atoms with Crippen LogP contribution >= 0.6 is 0 Å². The molecule has 0 aromatic carbocycles. The molecule has 0 unspecified atom stereocenters. The Balaban J connectivity index is 0.000000180. The molecule has 2 fully saturated rings. The molecule has 2 rings (SSSR count). The summed E-state index contributed by atoms with van der Waals surface area (Å²) in [6.07, 6.45) is 1.64. The Bertz CT molecular complexity index is 273. The summed E-state index contributed by atoms with van der Waals surface area (Å²) in [5.74, 6) is 0.324. The molecule has 104 valence electrons. The Morgan fingerprint density at radius 1 is 1.00 bits per heavy atom. The molecule has 0 atom stereocenters. The van der Waals surface area contributed by atoms with Gasteiger partial charge in [-0.05, 0) is 34.1 Å². The van der Waals surface area contributed by atoms with E-state index in [2.05, 4.69) is 13.8 Å². The Morgan fingerprint density at radius 2 is 1.61 bits per heavy atom. The van der Waals surface area contributed by atoms with Crippen LogP contribution < -0.4 is 0 Å². The Hall–Kier alpha value is -1.26. The molecule has 0 N–H and O–H groups in total. The zero-order chi connectivity index (χ0) is 13.7. The molecule has 0 radical (unpaired) electrons. The number of amides is 2. The highest BCUT2D eigenvalue weighted by molar-refractivity contribution is 5.78. The Kier molecular flexibility index (Phi) is 5.44. The molecule has 5 heteroatoms. The molecular formula is C13H24N2O3. The fraction of sp³-hybridized carbons (Fsp3) is 0.846. The lowest BCUT2D eigenvalue weighted by Gasteiger charge is -2.19. The van der Waals surface area contributed by atoms with E-state index in [4.69, 9.17) is 4.74 Å². The maximum Gasteiger partial charge on any atom is 0.410 e. The van der Waals surface area contributed by atoms with Crippen LogP contribution in [0.5, 0.6) is 0 Å². The number of hydrogen-bond donors (Lipinski definition) is 0. The summed E-state index contributed by atoms with van der Waals surface area (Å²) >= 11 is 0. The summed E-state index contributed by atoms with van der Waals surface area (Å²) in [5.41, 5.74) is 0. The van der Waals surface area contributed by atoms with Crippen molar-refractivity contribution in [3.05, 3.63) is 0 Å². The average Bonchev–Trinajstić information content (AvgIpc) is 2.87. The first-order valence-corrected chi connectivity index (χ1v) is 6.66. The smallest absolute Gasteiger partial charge is 0.410 e.